The molecule has 0 aromatic heterocycles. The summed E-state index contributed by atoms with van der Waals surface area (Å²) in [6, 6.07) is 5.91. The summed E-state index contributed by atoms with van der Waals surface area (Å²) in [5.74, 6) is 2.88. The van der Waals surface area contributed by atoms with Gasteiger partial charge in [0.15, 0.2) is 17.5 Å². The van der Waals surface area contributed by atoms with Crippen molar-refractivity contribution in [1.82, 2.24) is 20.4 Å². The van der Waals surface area contributed by atoms with Gasteiger partial charge in [0.05, 0.1) is 20.8 Å². The van der Waals surface area contributed by atoms with Gasteiger partial charge < -0.3 is 29.9 Å². The van der Waals surface area contributed by atoms with Crippen LogP contribution in [0.25, 0.3) is 0 Å². The van der Waals surface area contributed by atoms with Crippen LogP contribution < -0.4 is 20.1 Å². The summed E-state index contributed by atoms with van der Waals surface area (Å²) in [4.78, 5) is 9.67. The van der Waals surface area contributed by atoms with Gasteiger partial charge in [0.25, 0.3) is 0 Å². The Balaban J connectivity index is 1.86. The number of guanidine groups is 1. The van der Waals surface area contributed by atoms with E-state index in [-0.39, 0.29) is 0 Å². The van der Waals surface area contributed by atoms with Crippen LogP contribution in [0, 0.1) is 5.92 Å². The number of nitrogens with zero attached hydrogens (tertiary/aromatic N) is 3. The first kappa shape index (κ1) is 22.3. The van der Waals surface area contributed by atoms with Gasteiger partial charge in [-0.2, -0.15) is 0 Å². The summed E-state index contributed by atoms with van der Waals surface area (Å²) in [6.45, 7) is 12.5. The second-order valence-corrected chi connectivity index (χ2v) is 7.47. The fraction of sp³-hybridized carbons (Fsp3) is 0.667. The molecule has 158 valence electrons. The monoisotopic (exact) mass is 391 g/mol. The molecule has 1 saturated heterocycles. The summed E-state index contributed by atoms with van der Waals surface area (Å²) >= 11 is 0. The highest BCUT2D eigenvalue weighted by molar-refractivity contribution is 5.79. The van der Waals surface area contributed by atoms with E-state index in [0.29, 0.717) is 12.5 Å². The molecule has 1 heterocycles. The summed E-state index contributed by atoms with van der Waals surface area (Å²) in [6.07, 6.45) is 0. The van der Waals surface area contributed by atoms with Gasteiger partial charge in [-0.05, 0) is 37.6 Å². The third-order valence-electron chi connectivity index (χ3n) is 5.00. The van der Waals surface area contributed by atoms with E-state index in [1.807, 2.05) is 18.2 Å². The number of rotatable bonds is 9. The molecular formula is C21H37N5O2. The Morgan fingerprint density at radius 2 is 1.82 bits per heavy atom. The van der Waals surface area contributed by atoms with Crippen molar-refractivity contribution in [3.05, 3.63) is 23.8 Å². The first-order chi connectivity index (χ1) is 13.5. The van der Waals surface area contributed by atoms with Crippen molar-refractivity contribution in [2.75, 3.05) is 67.1 Å². The van der Waals surface area contributed by atoms with Gasteiger partial charge in [-0.3, -0.25) is 0 Å². The predicted molar refractivity (Wildman–Crippen MR) is 115 cm³/mol. The number of piperazine rings is 1. The van der Waals surface area contributed by atoms with Crippen LogP contribution in [-0.2, 0) is 6.54 Å². The molecule has 1 atom stereocenters. The number of nitrogens with one attached hydrogen (secondary N) is 2. The van der Waals surface area contributed by atoms with Crippen molar-refractivity contribution < 1.29 is 9.47 Å². The molecule has 2 N–H and O–H groups in total. The molecule has 0 aliphatic carbocycles. The van der Waals surface area contributed by atoms with Gasteiger partial charge in [-0.15, -0.1) is 0 Å². The number of likely N-dealkylation sites (N-methyl/N-ethyl adjacent to an activating group) is 1. The van der Waals surface area contributed by atoms with Gasteiger partial charge in [-0.25, -0.2) is 4.99 Å². The van der Waals surface area contributed by atoms with E-state index in [9.17, 15) is 0 Å². The fourth-order valence-electron chi connectivity index (χ4n) is 3.30. The molecule has 1 fully saturated rings. The van der Waals surface area contributed by atoms with Crippen molar-refractivity contribution in [2.45, 2.75) is 20.4 Å². The second-order valence-electron chi connectivity index (χ2n) is 7.47. The van der Waals surface area contributed by atoms with E-state index < -0.39 is 0 Å². The number of aliphatic imine (C=N–C) groups is 1. The normalized spacial score (nSPS) is 17.2. The minimum absolute atomic E-state index is 0.563. The van der Waals surface area contributed by atoms with Crippen LogP contribution in [0.5, 0.6) is 11.5 Å². The van der Waals surface area contributed by atoms with Crippen molar-refractivity contribution >= 4 is 5.96 Å². The number of benzene rings is 1. The van der Waals surface area contributed by atoms with E-state index in [4.69, 9.17) is 14.5 Å². The third kappa shape index (κ3) is 7.20. The fourth-order valence-corrected chi connectivity index (χ4v) is 3.30. The molecule has 2 rings (SSSR count). The smallest absolute Gasteiger partial charge is 0.191 e. The summed E-state index contributed by atoms with van der Waals surface area (Å²) in [5, 5.41) is 6.82. The molecule has 0 bridgehead atoms. The lowest BCUT2D eigenvalue weighted by molar-refractivity contribution is 0.139. The van der Waals surface area contributed by atoms with Crippen molar-refractivity contribution in [3.8, 4) is 11.5 Å². The highest BCUT2D eigenvalue weighted by atomic mass is 16.5. The van der Waals surface area contributed by atoms with Crippen molar-refractivity contribution in [2.24, 2.45) is 10.9 Å². The molecule has 1 aromatic rings. The molecule has 1 aliphatic heterocycles. The van der Waals surface area contributed by atoms with Crippen LogP contribution in [0.4, 0.5) is 0 Å². The first-order valence-electron chi connectivity index (χ1n) is 10.2. The SMILES string of the molecule is CCNC(=NCc1ccc(OC)c(OC)c1)NCC(C)CN1CCN(C)CC1. The van der Waals surface area contributed by atoms with Gasteiger partial charge in [0, 0.05) is 45.8 Å². The van der Waals surface area contributed by atoms with Crippen LogP contribution in [0.1, 0.15) is 19.4 Å². The summed E-state index contributed by atoms with van der Waals surface area (Å²) < 4.78 is 10.7. The Kier molecular flexibility index (Phi) is 9.37. The Bertz CT molecular complexity index is 615. The minimum atomic E-state index is 0.563. The lowest BCUT2D eigenvalue weighted by Crippen LogP contribution is -2.47. The first-order valence-corrected chi connectivity index (χ1v) is 10.2. The van der Waals surface area contributed by atoms with Crippen molar-refractivity contribution in [1.29, 1.82) is 0 Å². The zero-order valence-electron chi connectivity index (χ0n) is 18.1. The maximum atomic E-state index is 5.38. The Morgan fingerprint density at radius 3 is 2.46 bits per heavy atom. The van der Waals surface area contributed by atoms with E-state index in [1.54, 1.807) is 14.2 Å². The molecular weight excluding hydrogens is 354 g/mol. The Labute approximate surface area is 170 Å². The molecule has 1 unspecified atom stereocenters. The highest BCUT2D eigenvalue weighted by Gasteiger charge is 2.16. The zero-order chi connectivity index (χ0) is 20.4. The maximum absolute atomic E-state index is 5.38. The third-order valence-corrected chi connectivity index (χ3v) is 5.00. The molecule has 1 aromatic carbocycles. The van der Waals surface area contributed by atoms with Gasteiger partial charge in [-0.1, -0.05) is 13.0 Å². The second kappa shape index (κ2) is 11.8. The lowest BCUT2D eigenvalue weighted by Gasteiger charge is -2.34. The largest absolute Gasteiger partial charge is 0.493 e. The molecule has 7 heteroatoms. The average Bonchev–Trinajstić information content (AvgIpc) is 2.71. The Hall–Kier alpha value is -1.99. The van der Waals surface area contributed by atoms with Gasteiger partial charge >= 0.3 is 0 Å². The quantitative estimate of drug-likeness (QED) is 0.493. The van der Waals surface area contributed by atoms with Crippen LogP contribution in [0.3, 0.4) is 0 Å². The Morgan fingerprint density at radius 1 is 1.11 bits per heavy atom. The summed E-state index contributed by atoms with van der Waals surface area (Å²) in [5.41, 5.74) is 1.08. The van der Waals surface area contributed by atoms with E-state index >= 15 is 0 Å². The summed E-state index contributed by atoms with van der Waals surface area (Å²) in [7, 11) is 5.49. The van der Waals surface area contributed by atoms with E-state index in [2.05, 4.69) is 41.3 Å². The topological polar surface area (TPSA) is 61.4 Å². The van der Waals surface area contributed by atoms with Crippen LogP contribution in [0.15, 0.2) is 23.2 Å². The molecule has 1 aliphatic rings. The number of hydrogen-bond acceptors (Lipinski definition) is 5. The molecule has 28 heavy (non-hydrogen) atoms. The van der Waals surface area contributed by atoms with E-state index in [0.717, 1.165) is 68.8 Å². The van der Waals surface area contributed by atoms with Crippen LogP contribution in [-0.4, -0.2) is 82.8 Å². The van der Waals surface area contributed by atoms with Crippen LogP contribution in [0.2, 0.25) is 0 Å². The maximum Gasteiger partial charge on any atom is 0.191 e. The standard InChI is InChI=1S/C21H37N5O2/c1-6-22-21(23-14-17(2)16-26-11-9-25(3)10-12-26)24-15-18-7-8-19(27-4)20(13-18)28-5/h7-8,13,17H,6,9-12,14-16H2,1-5H3,(H2,22,23,24). The number of ether oxygens (including phenoxy) is 2. The number of methoxy groups -OCH3 is 2. The van der Waals surface area contributed by atoms with Crippen LogP contribution >= 0.6 is 0 Å². The minimum Gasteiger partial charge on any atom is -0.493 e. The molecule has 0 radical (unpaired) electrons. The molecule has 0 amide bonds. The van der Waals surface area contributed by atoms with Crippen molar-refractivity contribution in [3.63, 3.8) is 0 Å². The zero-order valence-corrected chi connectivity index (χ0v) is 18.1. The average molecular weight is 392 g/mol. The molecule has 7 nitrogen and oxygen atoms in total. The van der Waals surface area contributed by atoms with Gasteiger partial charge in [0.1, 0.15) is 0 Å². The van der Waals surface area contributed by atoms with E-state index in [1.165, 1.54) is 0 Å². The number of hydrogen-bond donors (Lipinski definition) is 2. The molecule has 0 saturated carbocycles. The predicted octanol–water partition coefficient (Wildman–Crippen LogP) is 1.64. The lowest BCUT2D eigenvalue weighted by atomic mass is 10.1. The highest BCUT2D eigenvalue weighted by Crippen LogP contribution is 2.27. The molecule has 0 spiro atoms. The van der Waals surface area contributed by atoms with Gasteiger partial charge in [0.2, 0.25) is 0 Å².